The van der Waals surface area contributed by atoms with Crippen LogP contribution in [0, 0.1) is 20.8 Å². The fourth-order valence-corrected chi connectivity index (χ4v) is 2.36. The Balaban J connectivity index is 2.52. The molecule has 0 unspecified atom stereocenters. The van der Waals surface area contributed by atoms with E-state index in [1.54, 1.807) is 6.92 Å². The van der Waals surface area contributed by atoms with Crippen LogP contribution in [0.15, 0.2) is 5.16 Å². The number of rotatable bonds is 6. The van der Waals surface area contributed by atoms with Gasteiger partial charge in [-0.15, -0.1) is 0 Å². The third-order valence-corrected chi connectivity index (χ3v) is 3.91. The first kappa shape index (κ1) is 17.4. The molecule has 1 aromatic rings. The Kier molecular flexibility index (Phi) is 6.61. The Morgan fingerprint density at radius 1 is 1.19 bits per heavy atom. The molecule has 0 saturated carbocycles. The zero-order valence-electron chi connectivity index (χ0n) is 13.1. The number of thioether (sulfide) groups is 1. The molecular weight excluding hydrogens is 288 g/mol. The van der Waals surface area contributed by atoms with Crippen LogP contribution < -0.4 is 10.6 Å². The number of hydrogen-bond acceptors (Lipinski definition) is 5. The van der Waals surface area contributed by atoms with Crippen molar-refractivity contribution in [2.75, 3.05) is 12.3 Å². The van der Waals surface area contributed by atoms with Crippen LogP contribution in [0.25, 0.3) is 0 Å². The molecule has 0 aromatic carbocycles. The molecule has 0 aliphatic rings. The fourth-order valence-electron chi connectivity index (χ4n) is 1.61. The molecule has 0 radical (unpaired) electrons. The van der Waals surface area contributed by atoms with Gasteiger partial charge in [-0.1, -0.05) is 11.8 Å². The lowest BCUT2D eigenvalue weighted by Crippen LogP contribution is -2.45. The second-order valence-electron chi connectivity index (χ2n) is 4.77. The van der Waals surface area contributed by atoms with Crippen LogP contribution in [-0.4, -0.2) is 40.1 Å². The number of carbonyl (C=O) groups is 2. The average molecular weight is 310 g/mol. The molecule has 7 heteroatoms. The van der Waals surface area contributed by atoms with Crippen LogP contribution in [0.4, 0.5) is 0 Å². The molecule has 0 saturated heterocycles. The van der Waals surface area contributed by atoms with Gasteiger partial charge in [0.15, 0.2) is 5.16 Å². The molecule has 0 spiro atoms. The van der Waals surface area contributed by atoms with E-state index in [0.717, 1.165) is 17.0 Å². The number of nitrogens with one attached hydrogen (secondary N) is 2. The second-order valence-corrected chi connectivity index (χ2v) is 5.72. The highest BCUT2D eigenvalue weighted by molar-refractivity contribution is 7.99. The lowest BCUT2D eigenvalue weighted by atomic mass is 10.2. The summed E-state index contributed by atoms with van der Waals surface area (Å²) < 4.78 is 0. The molecular formula is C14H22N4O2S. The summed E-state index contributed by atoms with van der Waals surface area (Å²) in [6, 6.07) is -0.541. The molecule has 1 atom stereocenters. The van der Waals surface area contributed by atoms with Crippen LogP contribution in [0.1, 0.15) is 30.8 Å². The van der Waals surface area contributed by atoms with Crippen molar-refractivity contribution in [3.05, 3.63) is 17.0 Å². The first-order valence-corrected chi connectivity index (χ1v) is 7.85. The molecule has 1 aromatic heterocycles. The lowest BCUT2D eigenvalue weighted by Gasteiger charge is -2.13. The lowest BCUT2D eigenvalue weighted by molar-refractivity contribution is -0.127. The van der Waals surface area contributed by atoms with Gasteiger partial charge in [0.25, 0.3) is 0 Å². The van der Waals surface area contributed by atoms with Crippen molar-refractivity contribution in [3.63, 3.8) is 0 Å². The minimum absolute atomic E-state index is 0.186. The Bertz CT molecular complexity index is 511. The van der Waals surface area contributed by atoms with E-state index in [9.17, 15) is 9.59 Å². The van der Waals surface area contributed by atoms with E-state index in [2.05, 4.69) is 20.6 Å². The predicted molar refractivity (Wildman–Crippen MR) is 83.3 cm³/mol. The summed E-state index contributed by atoms with van der Waals surface area (Å²) >= 11 is 1.27. The number of amides is 2. The summed E-state index contributed by atoms with van der Waals surface area (Å²) in [4.78, 5) is 32.0. The monoisotopic (exact) mass is 310 g/mol. The number of carbonyl (C=O) groups excluding carboxylic acids is 2. The maximum atomic E-state index is 11.8. The quantitative estimate of drug-likeness (QED) is 0.608. The van der Waals surface area contributed by atoms with Crippen LogP contribution >= 0.6 is 11.8 Å². The molecule has 0 aliphatic heterocycles. The van der Waals surface area contributed by atoms with Gasteiger partial charge in [0.2, 0.25) is 11.8 Å². The molecule has 2 N–H and O–H groups in total. The van der Waals surface area contributed by atoms with E-state index in [1.807, 2.05) is 27.7 Å². The van der Waals surface area contributed by atoms with Crippen LogP contribution in [-0.2, 0) is 9.59 Å². The van der Waals surface area contributed by atoms with E-state index in [1.165, 1.54) is 11.8 Å². The van der Waals surface area contributed by atoms with Crippen LogP contribution in [0.5, 0.6) is 0 Å². The van der Waals surface area contributed by atoms with Gasteiger partial charge in [0.1, 0.15) is 6.04 Å². The summed E-state index contributed by atoms with van der Waals surface area (Å²) in [5.41, 5.74) is 2.90. The molecule has 2 amide bonds. The number of aryl methyl sites for hydroxylation is 2. The smallest absolute Gasteiger partial charge is 0.242 e. The summed E-state index contributed by atoms with van der Waals surface area (Å²) in [5, 5.41) is 5.89. The van der Waals surface area contributed by atoms with Gasteiger partial charge in [-0.2, -0.15) is 0 Å². The molecule has 1 rings (SSSR count). The van der Waals surface area contributed by atoms with E-state index in [0.29, 0.717) is 11.7 Å². The van der Waals surface area contributed by atoms with Gasteiger partial charge in [-0.05, 0) is 40.2 Å². The largest absolute Gasteiger partial charge is 0.355 e. The third kappa shape index (κ3) is 5.34. The Morgan fingerprint density at radius 3 is 2.29 bits per heavy atom. The van der Waals surface area contributed by atoms with Gasteiger partial charge >= 0.3 is 0 Å². The molecule has 21 heavy (non-hydrogen) atoms. The van der Waals surface area contributed by atoms with Gasteiger partial charge in [0, 0.05) is 17.9 Å². The van der Waals surface area contributed by atoms with Gasteiger partial charge in [-0.3, -0.25) is 9.59 Å². The highest BCUT2D eigenvalue weighted by atomic mass is 32.2. The van der Waals surface area contributed by atoms with Crippen molar-refractivity contribution in [1.82, 2.24) is 20.6 Å². The van der Waals surface area contributed by atoms with E-state index in [-0.39, 0.29) is 17.6 Å². The van der Waals surface area contributed by atoms with Crippen molar-refractivity contribution in [2.24, 2.45) is 0 Å². The van der Waals surface area contributed by atoms with E-state index in [4.69, 9.17) is 0 Å². The van der Waals surface area contributed by atoms with Gasteiger partial charge in [0.05, 0.1) is 5.75 Å². The number of likely N-dealkylation sites (N-methyl/N-ethyl adjacent to an activating group) is 1. The zero-order chi connectivity index (χ0) is 16.0. The maximum absolute atomic E-state index is 11.8. The number of nitrogens with zero attached hydrogens (tertiary/aromatic N) is 2. The second kappa shape index (κ2) is 7.97. The van der Waals surface area contributed by atoms with Gasteiger partial charge < -0.3 is 10.6 Å². The van der Waals surface area contributed by atoms with E-state index < -0.39 is 6.04 Å². The zero-order valence-corrected chi connectivity index (χ0v) is 13.9. The number of aromatic nitrogens is 2. The predicted octanol–water partition coefficient (Wildman–Crippen LogP) is 1.13. The van der Waals surface area contributed by atoms with Crippen molar-refractivity contribution in [3.8, 4) is 0 Å². The first-order chi connectivity index (χ1) is 9.85. The fraction of sp³-hybridized carbons (Fsp3) is 0.571. The molecule has 0 fully saturated rings. The first-order valence-electron chi connectivity index (χ1n) is 6.86. The van der Waals surface area contributed by atoms with Crippen molar-refractivity contribution < 1.29 is 9.59 Å². The minimum Gasteiger partial charge on any atom is -0.355 e. The molecule has 0 aliphatic carbocycles. The average Bonchev–Trinajstić information content (AvgIpc) is 2.42. The molecule has 1 heterocycles. The van der Waals surface area contributed by atoms with Crippen LogP contribution in [0.2, 0.25) is 0 Å². The van der Waals surface area contributed by atoms with Crippen molar-refractivity contribution >= 4 is 23.6 Å². The Morgan fingerprint density at radius 2 is 1.76 bits per heavy atom. The topological polar surface area (TPSA) is 84.0 Å². The molecule has 0 bridgehead atoms. The molecule has 6 nitrogen and oxygen atoms in total. The third-order valence-electron chi connectivity index (χ3n) is 3.07. The van der Waals surface area contributed by atoms with Gasteiger partial charge in [-0.25, -0.2) is 9.97 Å². The van der Waals surface area contributed by atoms with Crippen LogP contribution in [0.3, 0.4) is 0 Å². The highest BCUT2D eigenvalue weighted by Crippen LogP contribution is 2.16. The summed E-state index contributed by atoms with van der Waals surface area (Å²) in [7, 11) is 0. The summed E-state index contributed by atoms with van der Waals surface area (Å²) in [6.07, 6.45) is 0. The van der Waals surface area contributed by atoms with Crippen molar-refractivity contribution in [2.45, 2.75) is 45.8 Å². The highest BCUT2D eigenvalue weighted by Gasteiger charge is 2.15. The van der Waals surface area contributed by atoms with Crippen molar-refractivity contribution in [1.29, 1.82) is 0 Å². The Hall–Kier alpha value is -1.63. The SMILES string of the molecule is CCNC(=O)[C@H](C)NC(=O)CSc1nc(C)c(C)c(C)n1. The maximum Gasteiger partial charge on any atom is 0.242 e. The van der Waals surface area contributed by atoms with E-state index >= 15 is 0 Å². The summed E-state index contributed by atoms with van der Waals surface area (Å²) in [5.74, 6) is -0.210. The standard InChI is InChI=1S/C14H22N4O2S/c1-6-15-13(20)11(5)16-12(19)7-21-14-17-9(3)8(2)10(4)18-14/h11H,6-7H2,1-5H3,(H,15,20)(H,16,19)/t11-/m0/s1. The molecule has 116 valence electrons. The minimum atomic E-state index is -0.541. The summed E-state index contributed by atoms with van der Waals surface area (Å²) in [6.45, 7) is 9.85. The normalized spacial score (nSPS) is 11.9. The number of hydrogen-bond donors (Lipinski definition) is 2. The Labute approximate surface area is 129 Å².